The summed E-state index contributed by atoms with van der Waals surface area (Å²) >= 11 is 0. The van der Waals surface area contributed by atoms with Gasteiger partial charge in [-0.05, 0) is 65.7 Å². The van der Waals surface area contributed by atoms with E-state index < -0.39 is 11.7 Å². The molecule has 0 saturated carbocycles. The largest absolute Gasteiger partial charge is 0.417 e. The zero-order chi connectivity index (χ0) is 47.5. The minimum Gasteiger partial charge on any atom is -0.308 e. The zero-order valence-corrected chi connectivity index (χ0v) is 37.0. The second-order valence-corrected chi connectivity index (χ2v) is 17.0. The highest BCUT2D eigenvalue weighted by Gasteiger charge is 2.37. The minimum atomic E-state index is -4.85. The number of nitrogens with zero attached hydrogens (tertiary/aromatic N) is 6. The maximum Gasteiger partial charge on any atom is 0.417 e. The summed E-state index contributed by atoms with van der Waals surface area (Å²) in [6.07, 6.45) is -1.32. The van der Waals surface area contributed by atoms with Gasteiger partial charge in [0.05, 0.1) is 62.0 Å². The Hall–Kier alpha value is -9.57. The lowest BCUT2D eigenvalue weighted by molar-refractivity contribution is -0.137. The Balaban J connectivity index is 1.21. The third kappa shape index (κ3) is 6.71. The van der Waals surface area contributed by atoms with Gasteiger partial charge in [0.2, 0.25) is 0 Å². The highest BCUT2D eigenvalue weighted by molar-refractivity contribution is 6.13. The van der Waals surface area contributed by atoms with E-state index in [-0.39, 0.29) is 27.9 Å². The smallest absolute Gasteiger partial charge is 0.308 e. The summed E-state index contributed by atoms with van der Waals surface area (Å²) < 4.78 is 50.1. The number of nitriles is 2. The van der Waals surface area contributed by atoms with Crippen molar-refractivity contribution in [2.75, 3.05) is 0 Å². The maximum absolute atomic E-state index is 15.4. The van der Waals surface area contributed by atoms with E-state index >= 15 is 13.2 Å². The summed E-state index contributed by atoms with van der Waals surface area (Å²) in [4.78, 5) is 9.61. The summed E-state index contributed by atoms with van der Waals surface area (Å²) in [7, 11) is 0. The lowest BCUT2D eigenvalue weighted by Gasteiger charge is -2.22. The van der Waals surface area contributed by atoms with Crippen molar-refractivity contribution in [3.63, 3.8) is 0 Å². The van der Waals surface area contributed by atoms with Crippen molar-refractivity contribution < 1.29 is 13.2 Å². The fourth-order valence-electron chi connectivity index (χ4n) is 10.2. The van der Waals surface area contributed by atoms with Gasteiger partial charge in [-0.2, -0.15) is 23.7 Å². The first kappa shape index (κ1) is 41.8. The van der Waals surface area contributed by atoms with E-state index in [1.807, 2.05) is 161 Å². The van der Waals surface area contributed by atoms with Crippen molar-refractivity contribution in [1.29, 1.82) is 10.5 Å². The molecule has 12 rings (SSSR count). The van der Waals surface area contributed by atoms with Crippen LogP contribution >= 0.6 is 0 Å². The molecule has 0 aliphatic heterocycles. The Morgan fingerprint density at radius 1 is 0.414 bits per heavy atom. The molecule has 0 radical (unpaired) electrons. The molecule has 8 aromatic carbocycles. The van der Waals surface area contributed by atoms with Gasteiger partial charge in [0, 0.05) is 67.3 Å². The molecule has 0 fully saturated rings. The van der Waals surface area contributed by atoms with Crippen LogP contribution in [0.4, 0.5) is 13.2 Å². The number of benzene rings is 8. The fraction of sp³-hybridized carbons (Fsp3) is 0.0164. The highest BCUT2D eigenvalue weighted by Crippen LogP contribution is 2.47. The number of fused-ring (bicyclic) bond motifs is 6. The molecule has 0 unspecified atom stereocenters. The van der Waals surface area contributed by atoms with Crippen LogP contribution in [0.25, 0.3) is 111 Å². The number of pyridine rings is 2. The van der Waals surface area contributed by atoms with E-state index in [0.29, 0.717) is 16.7 Å². The van der Waals surface area contributed by atoms with Crippen LogP contribution < -0.4 is 0 Å². The third-order valence-electron chi connectivity index (χ3n) is 13.2. The molecule has 0 atom stereocenters. The molecule has 9 heteroatoms. The summed E-state index contributed by atoms with van der Waals surface area (Å²) in [6.45, 7) is 0. The number of hydrogen-bond acceptors (Lipinski definition) is 4. The van der Waals surface area contributed by atoms with E-state index in [0.717, 1.165) is 83.4 Å². The van der Waals surface area contributed by atoms with Gasteiger partial charge in [-0.15, -0.1) is 0 Å². The van der Waals surface area contributed by atoms with Crippen LogP contribution in [0.5, 0.6) is 0 Å². The number of halogens is 3. The number of rotatable bonds is 7. The number of para-hydroxylation sites is 2. The van der Waals surface area contributed by atoms with Gasteiger partial charge < -0.3 is 9.13 Å². The summed E-state index contributed by atoms with van der Waals surface area (Å²) in [5.41, 5.74) is 9.13. The third-order valence-corrected chi connectivity index (χ3v) is 13.2. The van der Waals surface area contributed by atoms with Crippen molar-refractivity contribution in [2.45, 2.75) is 6.18 Å². The molecule has 12 aromatic rings. The number of aromatic nitrogens is 4. The molecular weight excluding hydrogens is 874 g/mol. The average molecular weight is 909 g/mol. The molecule has 4 aromatic heterocycles. The Bertz CT molecular complexity index is 4140. The van der Waals surface area contributed by atoms with Gasteiger partial charge in [-0.1, -0.05) is 146 Å². The monoisotopic (exact) mass is 908 g/mol. The van der Waals surface area contributed by atoms with Crippen LogP contribution in [-0.2, 0) is 6.18 Å². The van der Waals surface area contributed by atoms with Crippen LogP contribution in [-0.4, -0.2) is 19.1 Å². The molecule has 330 valence electrons. The summed E-state index contributed by atoms with van der Waals surface area (Å²) in [6, 6.07) is 67.1. The van der Waals surface area contributed by atoms with Crippen LogP contribution in [0, 0.1) is 22.7 Å². The predicted molar refractivity (Wildman–Crippen MR) is 272 cm³/mol. The SMILES string of the molecule is N#Cc1cccc(C(F)(F)F)c1-c1ccc(-n2c3ccccc3c3ccc(-c4cccnc4-c4ccccc4)cc32)c(C#N)c1-n1c2ccccc2c2ccc(-c3cccnc3-c3ccccc3)cc21. The van der Waals surface area contributed by atoms with E-state index in [1.165, 1.54) is 12.1 Å². The van der Waals surface area contributed by atoms with Crippen molar-refractivity contribution in [3.8, 4) is 79.4 Å². The Kier molecular flexibility index (Phi) is 9.94. The first-order chi connectivity index (χ1) is 34.3. The number of alkyl halides is 3. The van der Waals surface area contributed by atoms with E-state index in [9.17, 15) is 10.5 Å². The lowest BCUT2D eigenvalue weighted by Crippen LogP contribution is -2.11. The van der Waals surface area contributed by atoms with Gasteiger partial charge in [0.25, 0.3) is 0 Å². The van der Waals surface area contributed by atoms with Crippen LogP contribution in [0.3, 0.4) is 0 Å². The Morgan fingerprint density at radius 2 is 0.929 bits per heavy atom. The van der Waals surface area contributed by atoms with Crippen molar-refractivity contribution in [3.05, 3.63) is 229 Å². The molecule has 0 aliphatic carbocycles. The molecule has 0 spiro atoms. The summed E-state index contributed by atoms with van der Waals surface area (Å²) in [5, 5.41) is 25.9. The molecular formula is C61H35F3N6. The zero-order valence-electron chi connectivity index (χ0n) is 37.0. The van der Waals surface area contributed by atoms with Gasteiger partial charge in [-0.25, -0.2) is 0 Å². The lowest BCUT2D eigenvalue weighted by atomic mass is 9.90. The molecule has 0 amide bonds. The normalized spacial score (nSPS) is 11.6. The minimum absolute atomic E-state index is 0.0773. The van der Waals surface area contributed by atoms with E-state index in [4.69, 9.17) is 9.97 Å². The van der Waals surface area contributed by atoms with Crippen LogP contribution in [0.2, 0.25) is 0 Å². The molecule has 4 heterocycles. The molecule has 0 N–H and O–H groups in total. The second kappa shape index (κ2) is 16.6. The van der Waals surface area contributed by atoms with Crippen LogP contribution in [0.15, 0.2) is 213 Å². The molecule has 70 heavy (non-hydrogen) atoms. The topological polar surface area (TPSA) is 83.2 Å². The predicted octanol–water partition coefficient (Wildman–Crippen LogP) is 15.8. The van der Waals surface area contributed by atoms with E-state index in [1.54, 1.807) is 24.5 Å². The van der Waals surface area contributed by atoms with Gasteiger partial charge in [0.1, 0.15) is 11.6 Å². The van der Waals surface area contributed by atoms with Gasteiger partial charge >= 0.3 is 6.18 Å². The fourth-order valence-corrected chi connectivity index (χ4v) is 10.2. The van der Waals surface area contributed by atoms with Crippen molar-refractivity contribution in [1.82, 2.24) is 19.1 Å². The Labute approximate surface area is 399 Å². The summed E-state index contributed by atoms with van der Waals surface area (Å²) in [5.74, 6) is 0. The van der Waals surface area contributed by atoms with Gasteiger partial charge in [0.15, 0.2) is 0 Å². The number of hydrogen-bond donors (Lipinski definition) is 0. The standard InChI is InChI=1S/C61H35F3N6/c62-61(63,64)51-23-11-18-42(36-65)57(51)49-30-31-54(69-52-24-9-7-19-45(52)47-28-26-40(34-55(47)69)43-21-12-32-67-58(43)38-14-3-1-4-15-38)50(37-66)60(49)70-53-25-10-8-20-46(53)48-29-27-41(35-56(48)70)44-22-13-33-68-59(44)39-16-5-2-6-17-39/h1-35H. The van der Waals surface area contributed by atoms with Gasteiger partial charge in [-0.3, -0.25) is 9.97 Å². The quantitative estimate of drug-likeness (QED) is 0.159. The van der Waals surface area contributed by atoms with E-state index in [2.05, 4.69) is 30.3 Å². The van der Waals surface area contributed by atoms with Crippen molar-refractivity contribution >= 4 is 43.6 Å². The highest BCUT2D eigenvalue weighted by atomic mass is 19.4. The maximum atomic E-state index is 15.4. The van der Waals surface area contributed by atoms with Crippen LogP contribution in [0.1, 0.15) is 16.7 Å². The molecule has 0 saturated heterocycles. The van der Waals surface area contributed by atoms with Crippen molar-refractivity contribution in [2.24, 2.45) is 0 Å². The first-order valence-electron chi connectivity index (χ1n) is 22.6. The molecule has 0 bridgehead atoms. The first-order valence-corrected chi connectivity index (χ1v) is 22.6. The molecule has 6 nitrogen and oxygen atoms in total. The average Bonchev–Trinajstić information content (AvgIpc) is 3.92. The molecule has 0 aliphatic rings. The Morgan fingerprint density at radius 3 is 1.47 bits per heavy atom. The second-order valence-electron chi connectivity index (χ2n) is 17.0.